The van der Waals surface area contributed by atoms with Crippen LogP contribution in [0.25, 0.3) is 0 Å². The number of hydrogen-bond acceptors (Lipinski definition) is 3. The van der Waals surface area contributed by atoms with Crippen molar-refractivity contribution in [2.75, 3.05) is 6.54 Å². The number of aromatic nitrogens is 2. The Labute approximate surface area is 150 Å². The van der Waals surface area contributed by atoms with Crippen LogP contribution >= 0.6 is 0 Å². The van der Waals surface area contributed by atoms with Gasteiger partial charge in [0.15, 0.2) is 0 Å². The van der Waals surface area contributed by atoms with Crippen LogP contribution in [0.3, 0.4) is 0 Å². The third-order valence-electron chi connectivity index (χ3n) is 4.34. The summed E-state index contributed by atoms with van der Waals surface area (Å²) in [5, 5.41) is 4.36. The first kappa shape index (κ1) is 16.3. The van der Waals surface area contributed by atoms with Crippen LogP contribution in [0, 0.1) is 5.82 Å². The number of halogens is 1. The van der Waals surface area contributed by atoms with E-state index in [1.807, 2.05) is 36.4 Å². The first-order valence-electron chi connectivity index (χ1n) is 8.47. The van der Waals surface area contributed by atoms with Crippen molar-refractivity contribution in [3.63, 3.8) is 0 Å². The molecule has 6 heteroatoms. The minimum Gasteiger partial charge on any atom is -0.472 e. The quantitative estimate of drug-likeness (QED) is 0.709. The first-order valence-corrected chi connectivity index (χ1v) is 8.47. The van der Waals surface area contributed by atoms with Crippen LogP contribution in [-0.4, -0.2) is 27.1 Å². The highest BCUT2D eigenvalue weighted by atomic mass is 19.1. The van der Waals surface area contributed by atoms with Gasteiger partial charge in [-0.05, 0) is 23.3 Å². The third kappa shape index (κ3) is 3.44. The molecular weight excluding hydrogens is 333 g/mol. The summed E-state index contributed by atoms with van der Waals surface area (Å²) in [6, 6.07) is 17.8. The maximum atomic E-state index is 13.4. The fourth-order valence-electron chi connectivity index (χ4n) is 3.02. The molecule has 0 N–H and O–H groups in total. The lowest BCUT2D eigenvalue weighted by molar-refractivity contribution is 0.0683. The summed E-state index contributed by atoms with van der Waals surface area (Å²) >= 11 is 0. The summed E-state index contributed by atoms with van der Waals surface area (Å²) in [5.41, 5.74) is 2.31. The topological polar surface area (TPSA) is 47.4 Å². The monoisotopic (exact) mass is 351 g/mol. The number of benzene rings is 2. The molecule has 0 fully saturated rings. The molecule has 2 heterocycles. The highest BCUT2D eigenvalue weighted by molar-refractivity contribution is 5.93. The van der Waals surface area contributed by atoms with Gasteiger partial charge in [-0.15, -0.1) is 5.10 Å². The van der Waals surface area contributed by atoms with E-state index in [9.17, 15) is 9.18 Å². The van der Waals surface area contributed by atoms with Crippen molar-refractivity contribution < 1.29 is 13.9 Å². The lowest BCUT2D eigenvalue weighted by Gasteiger charge is -2.27. The van der Waals surface area contributed by atoms with E-state index in [0.717, 1.165) is 11.1 Å². The first-order chi connectivity index (χ1) is 12.7. The van der Waals surface area contributed by atoms with E-state index < -0.39 is 0 Å². The Bertz CT molecular complexity index is 924. The number of amides is 1. The van der Waals surface area contributed by atoms with Gasteiger partial charge in [0.25, 0.3) is 5.91 Å². The molecule has 0 bridgehead atoms. The molecule has 26 heavy (non-hydrogen) atoms. The van der Waals surface area contributed by atoms with Crippen molar-refractivity contribution in [1.82, 2.24) is 14.7 Å². The molecule has 5 nitrogen and oxygen atoms in total. The zero-order valence-electron chi connectivity index (χ0n) is 14.1. The largest absolute Gasteiger partial charge is 0.472 e. The van der Waals surface area contributed by atoms with E-state index in [0.29, 0.717) is 37.8 Å². The predicted octanol–water partition coefficient (Wildman–Crippen LogP) is 3.26. The van der Waals surface area contributed by atoms with Crippen molar-refractivity contribution in [2.24, 2.45) is 0 Å². The summed E-state index contributed by atoms with van der Waals surface area (Å²) in [5.74, 6) is 0.0148. The van der Waals surface area contributed by atoms with Gasteiger partial charge in [0.1, 0.15) is 18.1 Å². The molecule has 0 aliphatic carbocycles. The van der Waals surface area contributed by atoms with Gasteiger partial charge in [-0.3, -0.25) is 9.48 Å². The Morgan fingerprint density at radius 1 is 1.00 bits per heavy atom. The van der Waals surface area contributed by atoms with Gasteiger partial charge in [0.2, 0.25) is 5.88 Å². The van der Waals surface area contributed by atoms with Gasteiger partial charge in [-0.1, -0.05) is 42.5 Å². The Hall–Kier alpha value is -3.15. The number of fused-ring (bicyclic) bond motifs is 1. The molecule has 3 aromatic rings. The summed E-state index contributed by atoms with van der Waals surface area (Å²) in [7, 11) is 0. The number of rotatable bonds is 5. The molecule has 0 saturated carbocycles. The lowest BCUT2D eigenvalue weighted by atomic mass is 10.2. The van der Waals surface area contributed by atoms with Gasteiger partial charge in [0, 0.05) is 19.2 Å². The van der Waals surface area contributed by atoms with Crippen LogP contribution in [0.15, 0.2) is 60.7 Å². The maximum Gasteiger partial charge on any atom is 0.272 e. The van der Waals surface area contributed by atoms with E-state index in [2.05, 4.69) is 5.10 Å². The number of carbonyl (C=O) groups is 1. The highest BCUT2D eigenvalue weighted by Crippen LogP contribution is 2.20. The molecule has 0 atom stereocenters. The van der Waals surface area contributed by atoms with E-state index in [1.54, 1.807) is 21.7 Å². The number of nitrogens with zero attached hydrogens (tertiary/aromatic N) is 3. The van der Waals surface area contributed by atoms with Crippen LogP contribution in [0.2, 0.25) is 0 Å². The zero-order chi connectivity index (χ0) is 17.9. The number of hydrogen-bond donors (Lipinski definition) is 0. The Morgan fingerprint density at radius 3 is 2.62 bits per heavy atom. The second kappa shape index (κ2) is 7.00. The van der Waals surface area contributed by atoms with Crippen LogP contribution in [0.1, 0.15) is 21.6 Å². The van der Waals surface area contributed by atoms with Crippen molar-refractivity contribution in [2.45, 2.75) is 19.7 Å². The van der Waals surface area contributed by atoms with Crippen molar-refractivity contribution in [1.29, 1.82) is 0 Å². The SMILES string of the molecule is O=C1c2cc(OCc3ccccc3)nn2CCN1Cc1cccc(F)c1. The third-order valence-corrected chi connectivity index (χ3v) is 4.34. The zero-order valence-corrected chi connectivity index (χ0v) is 14.1. The van der Waals surface area contributed by atoms with Crippen LogP contribution in [0.5, 0.6) is 5.88 Å². The molecule has 1 aromatic heterocycles. The standard InChI is InChI=1S/C20H18FN3O2/c21-17-8-4-7-16(11-17)13-23-9-10-24-18(20(23)25)12-19(22-24)26-14-15-5-2-1-3-6-15/h1-8,11-12H,9-10,13-14H2. The Morgan fingerprint density at radius 2 is 1.81 bits per heavy atom. The molecule has 0 unspecified atom stereocenters. The molecular formula is C20H18FN3O2. The maximum absolute atomic E-state index is 13.4. The average Bonchev–Trinajstić information content (AvgIpc) is 3.07. The summed E-state index contributed by atoms with van der Waals surface area (Å²) in [6.45, 7) is 1.90. The summed E-state index contributed by atoms with van der Waals surface area (Å²) in [4.78, 5) is 14.4. The van der Waals surface area contributed by atoms with Crippen molar-refractivity contribution in [3.8, 4) is 5.88 Å². The fourth-order valence-corrected chi connectivity index (χ4v) is 3.02. The summed E-state index contributed by atoms with van der Waals surface area (Å²) in [6.07, 6.45) is 0. The molecule has 1 amide bonds. The normalized spacial score (nSPS) is 13.6. The lowest BCUT2D eigenvalue weighted by Crippen LogP contribution is -2.39. The second-order valence-electron chi connectivity index (χ2n) is 6.22. The predicted molar refractivity (Wildman–Crippen MR) is 94.1 cm³/mol. The molecule has 0 saturated heterocycles. The average molecular weight is 351 g/mol. The van der Waals surface area contributed by atoms with Gasteiger partial charge in [-0.25, -0.2) is 4.39 Å². The number of ether oxygens (including phenoxy) is 1. The molecule has 0 spiro atoms. The van der Waals surface area contributed by atoms with Gasteiger partial charge in [-0.2, -0.15) is 0 Å². The minimum absolute atomic E-state index is 0.123. The molecule has 1 aliphatic rings. The summed E-state index contributed by atoms with van der Waals surface area (Å²) < 4.78 is 20.7. The van der Waals surface area contributed by atoms with Crippen LogP contribution in [-0.2, 0) is 19.7 Å². The van der Waals surface area contributed by atoms with E-state index in [1.165, 1.54) is 12.1 Å². The molecule has 0 radical (unpaired) electrons. The van der Waals surface area contributed by atoms with E-state index in [4.69, 9.17) is 4.74 Å². The second-order valence-corrected chi connectivity index (χ2v) is 6.22. The molecule has 4 rings (SSSR count). The van der Waals surface area contributed by atoms with Crippen molar-refractivity contribution >= 4 is 5.91 Å². The van der Waals surface area contributed by atoms with Gasteiger partial charge in [0.05, 0.1) is 6.54 Å². The number of carbonyl (C=O) groups excluding carboxylic acids is 1. The van der Waals surface area contributed by atoms with E-state index in [-0.39, 0.29) is 11.7 Å². The molecule has 2 aromatic carbocycles. The minimum atomic E-state index is -0.298. The van der Waals surface area contributed by atoms with Crippen LogP contribution < -0.4 is 4.74 Å². The molecule has 132 valence electrons. The fraction of sp³-hybridized carbons (Fsp3) is 0.200. The van der Waals surface area contributed by atoms with Crippen molar-refractivity contribution in [3.05, 3.63) is 83.3 Å². The molecule has 1 aliphatic heterocycles. The van der Waals surface area contributed by atoms with Gasteiger partial charge >= 0.3 is 0 Å². The van der Waals surface area contributed by atoms with Gasteiger partial charge < -0.3 is 9.64 Å². The van der Waals surface area contributed by atoms with Crippen LogP contribution in [0.4, 0.5) is 4.39 Å². The Balaban J connectivity index is 1.45. The van der Waals surface area contributed by atoms with E-state index >= 15 is 0 Å². The Kier molecular flexibility index (Phi) is 4.39. The smallest absolute Gasteiger partial charge is 0.272 e. The highest BCUT2D eigenvalue weighted by Gasteiger charge is 2.27.